The number of hydrogen-bond donors (Lipinski definition) is 1. The SMILES string of the molecule is C=CCN(CC(=O)O)Cc1ccc(OC)c([N+](=O)[O-])c1. The number of nitro groups is 1. The summed E-state index contributed by atoms with van der Waals surface area (Å²) in [5.41, 5.74) is 0.500. The van der Waals surface area contributed by atoms with E-state index < -0.39 is 10.9 Å². The Morgan fingerprint density at radius 3 is 2.80 bits per heavy atom. The van der Waals surface area contributed by atoms with E-state index in [9.17, 15) is 14.9 Å². The second-order valence-corrected chi connectivity index (χ2v) is 4.12. The minimum Gasteiger partial charge on any atom is -0.490 e. The highest BCUT2D eigenvalue weighted by Crippen LogP contribution is 2.27. The molecule has 1 aromatic rings. The summed E-state index contributed by atoms with van der Waals surface area (Å²) in [6.45, 7) is 4.06. The van der Waals surface area contributed by atoms with Crippen LogP contribution in [0.25, 0.3) is 0 Å². The fourth-order valence-corrected chi connectivity index (χ4v) is 1.79. The third-order valence-corrected chi connectivity index (χ3v) is 2.59. The number of nitro benzene ring substituents is 1. The Morgan fingerprint density at radius 1 is 1.60 bits per heavy atom. The lowest BCUT2D eigenvalue weighted by Gasteiger charge is -2.18. The van der Waals surface area contributed by atoms with E-state index in [4.69, 9.17) is 9.84 Å². The van der Waals surface area contributed by atoms with E-state index in [2.05, 4.69) is 6.58 Å². The van der Waals surface area contributed by atoms with Crippen molar-refractivity contribution in [1.29, 1.82) is 0 Å². The Bertz CT molecular complexity index is 515. The molecule has 0 heterocycles. The van der Waals surface area contributed by atoms with Crippen molar-refractivity contribution in [2.24, 2.45) is 0 Å². The molecule has 0 saturated heterocycles. The van der Waals surface area contributed by atoms with Gasteiger partial charge >= 0.3 is 11.7 Å². The van der Waals surface area contributed by atoms with E-state index in [1.165, 1.54) is 19.2 Å². The predicted molar refractivity (Wildman–Crippen MR) is 72.8 cm³/mol. The molecule has 0 aliphatic rings. The van der Waals surface area contributed by atoms with Crippen LogP contribution in [0.1, 0.15) is 5.56 Å². The minimum absolute atomic E-state index is 0.140. The van der Waals surface area contributed by atoms with Crippen molar-refractivity contribution in [3.8, 4) is 5.75 Å². The molecule has 1 aromatic carbocycles. The van der Waals surface area contributed by atoms with Gasteiger partial charge in [0.2, 0.25) is 0 Å². The van der Waals surface area contributed by atoms with Gasteiger partial charge in [-0.1, -0.05) is 12.1 Å². The summed E-state index contributed by atoms with van der Waals surface area (Å²) in [6, 6.07) is 4.56. The van der Waals surface area contributed by atoms with Crippen molar-refractivity contribution in [2.75, 3.05) is 20.2 Å². The van der Waals surface area contributed by atoms with Gasteiger partial charge in [0, 0.05) is 19.2 Å². The zero-order chi connectivity index (χ0) is 15.1. The molecule has 0 atom stereocenters. The van der Waals surface area contributed by atoms with Crippen LogP contribution in [0, 0.1) is 10.1 Å². The second-order valence-electron chi connectivity index (χ2n) is 4.12. The number of aliphatic carboxylic acids is 1. The fraction of sp³-hybridized carbons (Fsp3) is 0.308. The van der Waals surface area contributed by atoms with Crippen LogP contribution in [0.3, 0.4) is 0 Å². The van der Waals surface area contributed by atoms with Crippen molar-refractivity contribution in [3.05, 3.63) is 46.5 Å². The van der Waals surface area contributed by atoms with Gasteiger partial charge in [-0.25, -0.2) is 0 Å². The number of carboxylic acids is 1. The van der Waals surface area contributed by atoms with Gasteiger partial charge in [0.15, 0.2) is 5.75 Å². The number of carboxylic acid groups (broad SMARTS) is 1. The minimum atomic E-state index is -0.963. The van der Waals surface area contributed by atoms with Crippen molar-refractivity contribution in [1.82, 2.24) is 4.90 Å². The first-order valence-electron chi connectivity index (χ1n) is 5.84. The molecule has 0 amide bonds. The van der Waals surface area contributed by atoms with Crippen LogP contribution < -0.4 is 4.74 Å². The first-order valence-corrected chi connectivity index (χ1v) is 5.84. The predicted octanol–water partition coefficient (Wildman–Crippen LogP) is 1.68. The van der Waals surface area contributed by atoms with Crippen molar-refractivity contribution in [2.45, 2.75) is 6.54 Å². The number of rotatable bonds is 8. The quantitative estimate of drug-likeness (QED) is 0.442. The van der Waals surface area contributed by atoms with Crippen LogP contribution in [0.15, 0.2) is 30.9 Å². The lowest BCUT2D eigenvalue weighted by atomic mass is 10.1. The van der Waals surface area contributed by atoms with Gasteiger partial charge < -0.3 is 9.84 Å². The molecule has 1 N–H and O–H groups in total. The van der Waals surface area contributed by atoms with E-state index >= 15 is 0 Å². The first kappa shape index (κ1) is 15.6. The van der Waals surface area contributed by atoms with E-state index in [1.807, 2.05) is 0 Å². The molecule has 0 unspecified atom stereocenters. The molecule has 0 saturated carbocycles. The Kier molecular flexibility index (Phi) is 5.67. The molecule has 0 aromatic heterocycles. The summed E-state index contributed by atoms with van der Waals surface area (Å²) in [5.74, 6) is -0.790. The van der Waals surface area contributed by atoms with Gasteiger partial charge in [0.1, 0.15) is 0 Å². The van der Waals surface area contributed by atoms with Crippen LogP contribution in [0.2, 0.25) is 0 Å². The number of carbonyl (C=O) groups is 1. The topological polar surface area (TPSA) is 92.9 Å². The molecule has 20 heavy (non-hydrogen) atoms. The molecular weight excluding hydrogens is 264 g/mol. The summed E-state index contributed by atoms with van der Waals surface area (Å²) in [5, 5.41) is 19.7. The normalized spacial score (nSPS) is 10.3. The lowest BCUT2D eigenvalue weighted by Crippen LogP contribution is -2.29. The van der Waals surface area contributed by atoms with Crippen LogP contribution in [0.5, 0.6) is 5.75 Å². The Labute approximate surface area is 116 Å². The van der Waals surface area contributed by atoms with Gasteiger partial charge in [-0.15, -0.1) is 6.58 Å². The molecule has 0 aliphatic carbocycles. The molecule has 0 radical (unpaired) electrons. The van der Waals surface area contributed by atoms with Gasteiger partial charge in [0.25, 0.3) is 0 Å². The molecular formula is C13H16N2O5. The average molecular weight is 280 g/mol. The maximum Gasteiger partial charge on any atom is 0.317 e. The third kappa shape index (κ3) is 4.36. The maximum atomic E-state index is 10.9. The van der Waals surface area contributed by atoms with Crippen molar-refractivity contribution < 1.29 is 19.6 Å². The molecule has 0 bridgehead atoms. The van der Waals surface area contributed by atoms with Crippen LogP contribution in [0.4, 0.5) is 5.69 Å². The van der Waals surface area contributed by atoms with E-state index in [1.54, 1.807) is 17.0 Å². The highest BCUT2D eigenvalue weighted by atomic mass is 16.6. The number of benzene rings is 1. The average Bonchev–Trinajstić information content (AvgIpc) is 2.38. The summed E-state index contributed by atoms with van der Waals surface area (Å²) >= 11 is 0. The maximum absolute atomic E-state index is 10.9. The van der Waals surface area contributed by atoms with Crippen LogP contribution >= 0.6 is 0 Å². The summed E-state index contributed by atoms with van der Waals surface area (Å²) in [7, 11) is 1.36. The number of methoxy groups -OCH3 is 1. The number of hydrogen-bond acceptors (Lipinski definition) is 5. The Morgan fingerprint density at radius 2 is 2.30 bits per heavy atom. The Balaban J connectivity index is 2.95. The zero-order valence-electron chi connectivity index (χ0n) is 11.1. The molecule has 108 valence electrons. The monoisotopic (exact) mass is 280 g/mol. The fourth-order valence-electron chi connectivity index (χ4n) is 1.79. The van der Waals surface area contributed by atoms with Crippen molar-refractivity contribution in [3.63, 3.8) is 0 Å². The first-order chi connectivity index (χ1) is 9.47. The van der Waals surface area contributed by atoms with E-state index in [-0.39, 0.29) is 24.5 Å². The highest BCUT2D eigenvalue weighted by molar-refractivity contribution is 5.69. The summed E-state index contributed by atoms with van der Waals surface area (Å²) < 4.78 is 4.91. The van der Waals surface area contributed by atoms with Gasteiger partial charge in [0.05, 0.1) is 18.6 Å². The van der Waals surface area contributed by atoms with Gasteiger partial charge in [-0.3, -0.25) is 19.8 Å². The second kappa shape index (κ2) is 7.25. The zero-order valence-corrected chi connectivity index (χ0v) is 11.1. The molecule has 0 fully saturated rings. The molecule has 0 spiro atoms. The number of ether oxygens (including phenoxy) is 1. The highest BCUT2D eigenvalue weighted by Gasteiger charge is 2.17. The van der Waals surface area contributed by atoms with Gasteiger partial charge in [-0.05, 0) is 11.6 Å². The van der Waals surface area contributed by atoms with Crippen molar-refractivity contribution >= 4 is 11.7 Å². The smallest absolute Gasteiger partial charge is 0.317 e. The molecule has 0 aliphatic heterocycles. The largest absolute Gasteiger partial charge is 0.490 e. The third-order valence-electron chi connectivity index (χ3n) is 2.59. The summed E-state index contributed by atoms with van der Waals surface area (Å²) in [4.78, 5) is 22.8. The van der Waals surface area contributed by atoms with E-state index in [0.29, 0.717) is 12.1 Å². The Hall–Kier alpha value is -2.41. The van der Waals surface area contributed by atoms with Crippen LogP contribution in [-0.4, -0.2) is 41.1 Å². The van der Waals surface area contributed by atoms with E-state index in [0.717, 1.165) is 0 Å². The molecule has 7 nitrogen and oxygen atoms in total. The van der Waals surface area contributed by atoms with Crippen LogP contribution in [-0.2, 0) is 11.3 Å². The summed E-state index contributed by atoms with van der Waals surface area (Å²) in [6.07, 6.45) is 1.58. The van der Waals surface area contributed by atoms with Gasteiger partial charge in [-0.2, -0.15) is 0 Å². The molecule has 7 heteroatoms. The lowest BCUT2D eigenvalue weighted by molar-refractivity contribution is -0.385. The number of nitrogens with zero attached hydrogens (tertiary/aromatic N) is 2. The molecule has 1 rings (SSSR count). The standard InChI is InChI=1S/C13H16N2O5/c1-3-6-14(9-13(16)17)8-10-4-5-12(20-2)11(7-10)15(18)19/h3-5,7H,1,6,8-9H2,2H3,(H,16,17).